The normalized spacial score (nSPS) is 9.76. The number of rotatable bonds is 6. The Balaban J connectivity index is 2.41. The molecule has 0 aliphatic carbocycles. The summed E-state index contributed by atoms with van der Waals surface area (Å²) in [6.45, 7) is 0.0865. The van der Waals surface area contributed by atoms with E-state index in [9.17, 15) is 4.79 Å². The number of aliphatic hydroxyl groups excluding tert-OH is 2. The number of hydrogen-bond acceptors (Lipinski definition) is 4. The average Bonchev–Trinajstić information content (AvgIpc) is 2.37. The van der Waals surface area contributed by atoms with Crippen LogP contribution in [-0.2, 0) is 0 Å². The van der Waals surface area contributed by atoms with E-state index < -0.39 is 6.03 Å². The Labute approximate surface area is 99.8 Å². The van der Waals surface area contributed by atoms with Gasteiger partial charge in [-0.3, -0.25) is 10.9 Å². The average molecular weight is 239 g/mol. The molecule has 0 saturated carbocycles. The molecule has 0 radical (unpaired) electrons. The van der Waals surface area contributed by atoms with Crippen LogP contribution in [0.15, 0.2) is 30.3 Å². The van der Waals surface area contributed by atoms with Crippen LogP contribution >= 0.6 is 0 Å². The van der Waals surface area contributed by atoms with Crippen molar-refractivity contribution in [3.8, 4) is 0 Å². The number of carbonyl (C=O) groups excluding carboxylic acids is 1. The van der Waals surface area contributed by atoms with Crippen LogP contribution in [0.25, 0.3) is 0 Å². The van der Waals surface area contributed by atoms with Gasteiger partial charge >= 0.3 is 6.03 Å². The van der Waals surface area contributed by atoms with Crippen LogP contribution in [0.4, 0.5) is 10.5 Å². The summed E-state index contributed by atoms with van der Waals surface area (Å²) in [6, 6.07) is 8.78. The van der Waals surface area contributed by atoms with Crippen molar-refractivity contribution in [3.63, 3.8) is 0 Å². The highest BCUT2D eigenvalue weighted by Gasteiger charge is 2.11. The monoisotopic (exact) mass is 239 g/mol. The van der Waals surface area contributed by atoms with Gasteiger partial charge in [-0.25, -0.2) is 4.79 Å². The first-order valence-electron chi connectivity index (χ1n) is 5.35. The smallest absolute Gasteiger partial charge is 0.336 e. The second kappa shape index (κ2) is 7.48. The summed E-state index contributed by atoms with van der Waals surface area (Å²) in [5.41, 5.74) is 5.98. The Kier molecular flexibility index (Phi) is 5.84. The van der Waals surface area contributed by atoms with Crippen LogP contribution in [0.3, 0.4) is 0 Å². The van der Waals surface area contributed by atoms with Crippen LogP contribution in [0.1, 0.15) is 0 Å². The molecule has 6 heteroatoms. The molecule has 6 nitrogen and oxygen atoms in total. The summed E-state index contributed by atoms with van der Waals surface area (Å²) in [6.07, 6.45) is 0. The summed E-state index contributed by atoms with van der Waals surface area (Å²) < 4.78 is 0. The Hall–Kier alpha value is -1.79. The minimum atomic E-state index is -0.392. The number of anilines is 1. The Morgan fingerprint density at radius 1 is 1.12 bits per heavy atom. The van der Waals surface area contributed by atoms with Crippen molar-refractivity contribution in [2.75, 3.05) is 31.7 Å². The largest absolute Gasteiger partial charge is 0.395 e. The van der Waals surface area contributed by atoms with Crippen LogP contribution in [0, 0.1) is 0 Å². The summed E-state index contributed by atoms with van der Waals surface area (Å²) in [5.74, 6) is 0. The van der Waals surface area contributed by atoms with Crippen LogP contribution in [0.2, 0.25) is 0 Å². The van der Waals surface area contributed by atoms with E-state index in [2.05, 4.69) is 10.9 Å². The molecule has 0 aliphatic heterocycles. The molecule has 1 aromatic rings. The Morgan fingerprint density at radius 2 is 1.71 bits per heavy atom. The quantitative estimate of drug-likeness (QED) is 0.527. The van der Waals surface area contributed by atoms with Gasteiger partial charge in [-0.15, -0.1) is 0 Å². The first-order chi connectivity index (χ1) is 8.27. The number of benzene rings is 1. The van der Waals surface area contributed by atoms with E-state index in [-0.39, 0.29) is 26.3 Å². The van der Waals surface area contributed by atoms with Gasteiger partial charge in [0.15, 0.2) is 0 Å². The number of carbonyl (C=O) groups is 1. The molecule has 1 rings (SSSR count). The van der Waals surface area contributed by atoms with Gasteiger partial charge in [-0.1, -0.05) is 18.2 Å². The lowest BCUT2D eigenvalue weighted by Gasteiger charge is -2.21. The topological polar surface area (TPSA) is 84.8 Å². The minimum absolute atomic E-state index is 0.140. The van der Waals surface area contributed by atoms with Crippen molar-refractivity contribution < 1.29 is 15.0 Å². The Bertz CT molecular complexity index is 326. The molecule has 0 aromatic heterocycles. The molecule has 0 atom stereocenters. The number of amides is 2. The van der Waals surface area contributed by atoms with Gasteiger partial charge in [-0.05, 0) is 12.1 Å². The number of hydrazine groups is 1. The van der Waals surface area contributed by atoms with E-state index in [4.69, 9.17) is 10.2 Å². The predicted molar refractivity (Wildman–Crippen MR) is 64.3 cm³/mol. The summed E-state index contributed by atoms with van der Waals surface area (Å²) in [4.78, 5) is 12.9. The molecule has 0 fully saturated rings. The molecule has 0 bridgehead atoms. The maximum Gasteiger partial charge on any atom is 0.336 e. The zero-order valence-electron chi connectivity index (χ0n) is 9.47. The lowest BCUT2D eigenvalue weighted by Crippen LogP contribution is -2.45. The first-order valence-corrected chi connectivity index (χ1v) is 5.35. The van der Waals surface area contributed by atoms with Gasteiger partial charge in [0.25, 0.3) is 0 Å². The number of hydrogen-bond donors (Lipinski definition) is 4. The fourth-order valence-corrected chi connectivity index (χ4v) is 1.28. The zero-order valence-corrected chi connectivity index (χ0v) is 9.47. The second-order valence-corrected chi connectivity index (χ2v) is 3.36. The van der Waals surface area contributed by atoms with Gasteiger partial charge in [0, 0.05) is 13.1 Å². The third-order valence-electron chi connectivity index (χ3n) is 2.11. The second-order valence-electron chi connectivity index (χ2n) is 3.36. The molecule has 94 valence electrons. The molecule has 0 aliphatic rings. The number of urea groups is 1. The number of aliphatic hydroxyl groups is 2. The van der Waals surface area contributed by atoms with Crippen LogP contribution in [-0.4, -0.2) is 47.4 Å². The van der Waals surface area contributed by atoms with Gasteiger partial charge in [0.05, 0.1) is 18.9 Å². The van der Waals surface area contributed by atoms with Crippen molar-refractivity contribution in [2.45, 2.75) is 0 Å². The third kappa shape index (κ3) is 4.71. The molecule has 0 spiro atoms. The SMILES string of the molecule is O=C(NNc1ccccc1)N(CCO)CCO. The van der Waals surface area contributed by atoms with Gasteiger partial charge in [0.1, 0.15) is 0 Å². The van der Waals surface area contributed by atoms with Crippen molar-refractivity contribution >= 4 is 11.7 Å². The zero-order chi connectivity index (χ0) is 12.5. The maximum atomic E-state index is 11.6. The standard InChI is InChI=1S/C11H17N3O3/c15-8-6-14(7-9-16)11(17)13-12-10-4-2-1-3-5-10/h1-5,12,15-16H,6-9H2,(H,13,17). The summed E-state index contributed by atoms with van der Waals surface area (Å²) >= 11 is 0. The molecule has 0 saturated heterocycles. The minimum Gasteiger partial charge on any atom is -0.395 e. The van der Waals surface area contributed by atoms with Crippen molar-refractivity contribution in [1.82, 2.24) is 10.3 Å². The van der Waals surface area contributed by atoms with Gasteiger partial charge in [-0.2, -0.15) is 0 Å². The summed E-state index contributed by atoms with van der Waals surface area (Å²) in [5, 5.41) is 17.5. The fourth-order valence-electron chi connectivity index (χ4n) is 1.28. The third-order valence-corrected chi connectivity index (χ3v) is 2.11. The lowest BCUT2D eigenvalue weighted by molar-refractivity contribution is 0.160. The molecule has 0 heterocycles. The maximum absolute atomic E-state index is 11.6. The fraction of sp³-hybridized carbons (Fsp3) is 0.364. The Morgan fingerprint density at radius 3 is 2.24 bits per heavy atom. The van der Waals surface area contributed by atoms with E-state index in [1.54, 1.807) is 0 Å². The number of nitrogens with one attached hydrogen (secondary N) is 2. The molecule has 4 N–H and O–H groups in total. The predicted octanol–water partition coefficient (Wildman–Crippen LogP) is 0.00970. The lowest BCUT2D eigenvalue weighted by atomic mass is 10.3. The molecular formula is C11H17N3O3. The highest BCUT2D eigenvalue weighted by atomic mass is 16.3. The van der Waals surface area contributed by atoms with E-state index in [1.165, 1.54) is 4.90 Å². The van der Waals surface area contributed by atoms with E-state index >= 15 is 0 Å². The van der Waals surface area contributed by atoms with Crippen molar-refractivity contribution in [1.29, 1.82) is 0 Å². The van der Waals surface area contributed by atoms with Crippen LogP contribution < -0.4 is 10.9 Å². The molecule has 17 heavy (non-hydrogen) atoms. The highest BCUT2D eigenvalue weighted by molar-refractivity contribution is 5.75. The highest BCUT2D eigenvalue weighted by Crippen LogP contribution is 2.02. The summed E-state index contributed by atoms with van der Waals surface area (Å²) in [7, 11) is 0. The van der Waals surface area contributed by atoms with Crippen LogP contribution in [0.5, 0.6) is 0 Å². The van der Waals surface area contributed by atoms with E-state index in [1.807, 2.05) is 30.3 Å². The molecule has 1 aromatic carbocycles. The molecule has 0 unspecified atom stereocenters. The number of para-hydroxylation sites is 1. The van der Waals surface area contributed by atoms with E-state index in [0.29, 0.717) is 0 Å². The molecular weight excluding hydrogens is 222 g/mol. The molecule has 2 amide bonds. The van der Waals surface area contributed by atoms with Crippen molar-refractivity contribution in [2.24, 2.45) is 0 Å². The van der Waals surface area contributed by atoms with Gasteiger partial charge in [0.2, 0.25) is 0 Å². The van der Waals surface area contributed by atoms with Crippen molar-refractivity contribution in [3.05, 3.63) is 30.3 Å². The first kappa shape index (κ1) is 13.3. The number of nitrogens with zero attached hydrogens (tertiary/aromatic N) is 1. The van der Waals surface area contributed by atoms with Gasteiger partial charge < -0.3 is 15.1 Å². The van der Waals surface area contributed by atoms with E-state index in [0.717, 1.165) is 5.69 Å².